The second-order valence-electron chi connectivity index (χ2n) is 5.67. The number of aromatic amines is 1. The summed E-state index contributed by atoms with van der Waals surface area (Å²) >= 11 is 5.95. The number of fused-ring (bicyclic) bond motifs is 1. The molecule has 0 spiro atoms. The number of halogens is 1. The van der Waals surface area contributed by atoms with E-state index < -0.39 is 23.7 Å². The Balaban J connectivity index is 2.23. The van der Waals surface area contributed by atoms with Gasteiger partial charge in [0.05, 0.1) is 12.2 Å². The van der Waals surface area contributed by atoms with Crippen LogP contribution in [0.25, 0.3) is 10.9 Å². The van der Waals surface area contributed by atoms with Crippen molar-refractivity contribution in [3.63, 3.8) is 0 Å². The van der Waals surface area contributed by atoms with Crippen LogP contribution in [-0.2, 0) is 14.3 Å². The monoisotopic (exact) mass is 350 g/mol. The molecule has 1 aromatic carbocycles. The highest BCUT2D eigenvalue weighted by atomic mass is 35.5. The minimum absolute atomic E-state index is 0.201. The summed E-state index contributed by atoms with van der Waals surface area (Å²) in [4.78, 5) is 39.6. The van der Waals surface area contributed by atoms with E-state index in [1.54, 1.807) is 39.0 Å². The number of amides is 1. The van der Waals surface area contributed by atoms with E-state index in [1.165, 1.54) is 6.20 Å². The average Bonchev–Trinajstić information content (AvgIpc) is 2.94. The molecule has 0 saturated heterocycles. The molecular formula is C17H19ClN2O4. The van der Waals surface area contributed by atoms with E-state index in [1.807, 2.05) is 0 Å². The van der Waals surface area contributed by atoms with Crippen LogP contribution in [-0.4, -0.2) is 35.3 Å². The van der Waals surface area contributed by atoms with E-state index in [0.29, 0.717) is 15.9 Å². The van der Waals surface area contributed by atoms with E-state index in [9.17, 15) is 14.4 Å². The van der Waals surface area contributed by atoms with Crippen LogP contribution in [0.2, 0.25) is 5.02 Å². The number of nitrogens with one attached hydrogen (secondary N) is 2. The first kappa shape index (κ1) is 18.0. The minimum Gasteiger partial charge on any atom is -0.464 e. The fraction of sp³-hybridized carbons (Fsp3) is 0.353. The Morgan fingerprint density at radius 3 is 2.62 bits per heavy atom. The number of benzene rings is 1. The molecule has 0 aliphatic rings. The second-order valence-corrected chi connectivity index (χ2v) is 6.11. The third-order valence-electron chi connectivity index (χ3n) is 3.59. The van der Waals surface area contributed by atoms with E-state index in [0.717, 1.165) is 0 Å². The van der Waals surface area contributed by atoms with Gasteiger partial charge < -0.3 is 15.0 Å². The third-order valence-corrected chi connectivity index (χ3v) is 3.82. The fourth-order valence-corrected chi connectivity index (χ4v) is 2.51. The van der Waals surface area contributed by atoms with Crippen molar-refractivity contribution < 1.29 is 19.1 Å². The van der Waals surface area contributed by atoms with E-state index >= 15 is 0 Å². The molecule has 0 saturated carbocycles. The quantitative estimate of drug-likeness (QED) is 0.476. The van der Waals surface area contributed by atoms with Gasteiger partial charge in [-0.3, -0.25) is 9.59 Å². The van der Waals surface area contributed by atoms with Crippen LogP contribution in [0, 0.1) is 5.92 Å². The number of aromatic nitrogens is 1. The van der Waals surface area contributed by atoms with E-state index in [2.05, 4.69) is 10.3 Å². The van der Waals surface area contributed by atoms with Gasteiger partial charge in [-0.25, -0.2) is 4.79 Å². The molecule has 0 bridgehead atoms. The molecule has 2 rings (SSSR count). The molecule has 1 aromatic heterocycles. The number of rotatable bonds is 6. The minimum atomic E-state index is -0.879. The van der Waals surface area contributed by atoms with Crippen molar-refractivity contribution in [1.82, 2.24) is 10.3 Å². The predicted octanol–water partition coefficient (Wildman–Crippen LogP) is 2.71. The number of carbonyl (C=O) groups excluding carboxylic acids is 3. The predicted molar refractivity (Wildman–Crippen MR) is 91.0 cm³/mol. The van der Waals surface area contributed by atoms with Crippen molar-refractivity contribution in [3.8, 4) is 0 Å². The Hall–Kier alpha value is -2.34. The van der Waals surface area contributed by atoms with Crippen LogP contribution in [0.3, 0.4) is 0 Å². The van der Waals surface area contributed by atoms with Gasteiger partial charge in [-0.2, -0.15) is 0 Å². The molecule has 2 N–H and O–H groups in total. The van der Waals surface area contributed by atoms with Crippen molar-refractivity contribution in [2.75, 3.05) is 6.61 Å². The lowest BCUT2D eigenvalue weighted by atomic mass is 10.0. The molecule has 0 radical (unpaired) electrons. The van der Waals surface area contributed by atoms with Gasteiger partial charge in [-0.15, -0.1) is 0 Å². The maximum absolute atomic E-state index is 12.4. The normalized spacial score (nSPS) is 12.2. The van der Waals surface area contributed by atoms with Gasteiger partial charge in [0.2, 0.25) is 0 Å². The number of esters is 1. The molecule has 7 heteroatoms. The van der Waals surface area contributed by atoms with Gasteiger partial charge in [0, 0.05) is 22.1 Å². The number of hydrogen-bond acceptors (Lipinski definition) is 4. The highest BCUT2D eigenvalue weighted by molar-refractivity contribution is 6.45. The van der Waals surface area contributed by atoms with Gasteiger partial charge in [-0.1, -0.05) is 25.4 Å². The largest absolute Gasteiger partial charge is 0.464 e. The summed E-state index contributed by atoms with van der Waals surface area (Å²) in [6.45, 7) is 5.40. The summed E-state index contributed by atoms with van der Waals surface area (Å²) in [5, 5.41) is 3.48. The standard InChI is InChI=1S/C17H19ClN2O4/c1-4-24-17(23)14(9(2)3)20-16(22)15(21)12-8-19-13-6-5-10(18)7-11(12)13/h5-9,14,19H,4H2,1-3H3,(H,20,22). The summed E-state index contributed by atoms with van der Waals surface area (Å²) in [5.74, 6) is -2.37. The van der Waals surface area contributed by atoms with Crippen molar-refractivity contribution in [1.29, 1.82) is 0 Å². The van der Waals surface area contributed by atoms with Gasteiger partial charge in [-0.05, 0) is 31.0 Å². The third kappa shape index (κ3) is 3.76. The molecule has 1 amide bonds. The molecule has 0 aliphatic heterocycles. The van der Waals surface area contributed by atoms with Crippen molar-refractivity contribution >= 4 is 40.2 Å². The van der Waals surface area contributed by atoms with Crippen LogP contribution >= 0.6 is 11.6 Å². The zero-order valence-electron chi connectivity index (χ0n) is 13.7. The number of carbonyl (C=O) groups is 3. The topological polar surface area (TPSA) is 88.3 Å². The molecule has 2 aromatic rings. The summed E-state index contributed by atoms with van der Waals surface area (Å²) in [6.07, 6.45) is 1.46. The molecule has 1 heterocycles. The SMILES string of the molecule is CCOC(=O)C(NC(=O)C(=O)c1c[nH]c2ccc(Cl)cc12)C(C)C. The molecule has 0 aliphatic carbocycles. The highest BCUT2D eigenvalue weighted by Crippen LogP contribution is 2.22. The average molecular weight is 351 g/mol. The molecule has 128 valence electrons. The first-order chi connectivity index (χ1) is 11.3. The van der Waals surface area contributed by atoms with Crippen LogP contribution in [0.4, 0.5) is 0 Å². The fourth-order valence-electron chi connectivity index (χ4n) is 2.34. The number of H-pyrrole nitrogens is 1. The Kier molecular flexibility index (Phi) is 5.62. The maximum atomic E-state index is 12.4. The lowest BCUT2D eigenvalue weighted by Gasteiger charge is -2.19. The second kappa shape index (κ2) is 7.49. The van der Waals surface area contributed by atoms with E-state index in [-0.39, 0.29) is 18.1 Å². The van der Waals surface area contributed by atoms with Crippen molar-refractivity contribution in [2.45, 2.75) is 26.8 Å². The Labute approximate surface area is 144 Å². The summed E-state index contributed by atoms with van der Waals surface area (Å²) in [5.41, 5.74) is 0.901. The highest BCUT2D eigenvalue weighted by Gasteiger charge is 2.29. The van der Waals surface area contributed by atoms with E-state index in [4.69, 9.17) is 16.3 Å². The molecule has 0 fully saturated rings. The number of hydrogen-bond donors (Lipinski definition) is 2. The maximum Gasteiger partial charge on any atom is 0.328 e. The van der Waals surface area contributed by atoms with Crippen molar-refractivity contribution in [2.24, 2.45) is 5.92 Å². The Morgan fingerprint density at radius 2 is 2.00 bits per heavy atom. The molecule has 24 heavy (non-hydrogen) atoms. The van der Waals surface area contributed by atoms with Crippen LogP contribution in [0.1, 0.15) is 31.1 Å². The van der Waals surface area contributed by atoms with Gasteiger partial charge in [0.15, 0.2) is 0 Å². The first-order valence-corrected chi connectivity index (χ1v) is 8.01. The zero-order chi connectivity index (χ0) is 17.9. The van der Waals surface area contributed by atoms with Gasteiger partial charge in [0.25, 0.3) is 11.7 Å². The van der Waals surface area contributed by atoms with Crippen molar-refractivity contribution in [3.05, 3.63) is 35.0 Å². The Morgan fingerprint density at radius 1 is 1.29 bits per heavy atom. The van der Waals surface area contributed by atoms with Gasteiger partial charge in [0.1, 0.15) is 6.04 Å². The lowest BCUT2D eigenvalue weighted by molar-refractivity contribution is -0.148. The molecule has 1 atom stereocenters. The Bertz CT molecular complexity index is 782. The van der Waals surface area contributed by atoms with Crippen LogP contribution < -0.4 is 5.32 Å². The summed E-state index contributed by atoms with van der Waals surface area (Å²) in [7, 11) is 0. The summed E-state index contributed by atoms with van der Waals surface area (Å²) in [6, 6.07) is 4.14. The number of ketones is 1. The van der Waals surface area contributed by atoms with Gasteiger partial charge >= 0.3 is 5.97 Å². The van der Waals surface area contributed by atoms with Crippen LogP contribution in [0.5, 0.6) is 0 Å². The molecule has 1 unspecified atom stereocenters. The summed E-state index contributed by atoms with van der Waals surface area (Å²) < 4.78 is 4.93. The number of ether oxygens (including phenoxy) is 1. The van der Waals surface area contributed by atoms with Crippen LogP contribution in [0.15, 0.2) is 24.4 Å². The number of Topliss-reactive ketones (excluding diaryl/α,β-unsaturated/α-hetero) is 1. The molecule has 6 nitrogen and oxygen atoms in total. The smallest absolute Gasteiger partial charge is 0.328 e. The lowest BCUT2D eigenvalue weighted by Crippen LogP contribution is -2.47. The zero-order valence-corrected chi connectivity index (χ0v) is 14.4. The first-order valence-electron chi connectivity index (χ1n) is 7.63. The molecular weight excluding hydrogens is 332 g/mol.